The molecule has 0 N–H and O–H groups in total. The summed E-state index contributed by atoms with van der Waals surface area (Å²) in [5.41, 5.74) is -1.29. The molecule has 0 heterocycles. The van der Waals surface area contributed by atoms with Crippen molar-refractivity contribution < 1.29 is 22.8 Å². The Morgan fingerprint density at radius 2 is 1.43 bits per heavy atom. The molecule has 0 radical (unpaired) electrons. The highest BCUT2D eigenvalue weighted by atomic mass is 35.5. The first-order valence-electron chi connectivity index (χ1n) is 5.90. The van der Waals surface area contributed by atoms with E-state index in [0.29, 0.717) is 12.1 Å². The van der Waals surface area contributed by atoms with Gasteiger partial charge in [-0.2, -0.15) is 13.2 Å². The van der Waals surface area contributed by atoms with E-state index in [0.717, 1.165) is 0 Å². The largest absolute Gasteiger partial charge is 0.416 e. The van der Waals surface area contributed by atoms with E-state index in [-0.39, 0.29) is 27.3 Å². The molecule has 21 heavy (non-hydrogen) atoms. The third-order valence-corrected chi connectivity index (χ3v) is 3.60. The minimum Gasteiger partial charge on any atom is -0.289 e. The standard InChI is InChI=1S/C15H6ClF3O2/c16-11-6-7(15(17,18)19)5-10-12(11)14(21)9-4-2-1-3-8(9)13(10)20/h1-6H. The number of ketones is 2. The van der Waals surface area contributed by atoms with Crippen molar-refractivity contribution >= 4 is 23.2 Å². The molecule has 0 atom stereocenters. The molecule has 0 amide bonds. The van der Waals surface area contributed by atoms with E-state index < -0.39 is 23.3 Å². The summed E-state index contributed by atoms with van der Waals surface area (Å²) in [6, 6.07) is 7.33. The second-order valence-electron chi connectivity index (χ2n) is 4.58. The van der Waals surface area contributed by atoms with Crippen LogP contribution >= 0.6 is 11.6 Å². The number of carbonyl (C=O) groups excluding carboxylic acids is 2. The van der Waals surface area contributed by atoms with Crippen LogP contribution in [0.2, 0.25) is 5.02 Å². The Morgan fingerprint density at radius 3 is 2.00 bits per heavy atom. The summed E-state index contributed by atoms with van der Waals surface area (Å²) < 4.78 is 38.4. The van der Waals surface area contributed by atoms with Gasteiger partial charge in [-0.25, -0.2) is 0 Å². The van der Waals surface area contributed by atoms with Crippen LogP contribution in [0.15, 0.2) is 36.4 Å². The van der Waals surface area contributed by atoms with Crippen LogP contribution < -0.4 is 0 Å². The van der Waals surface area contributed by atoms with Crippen molar-refractivity contribution in [3.05, 3.63) is 69.2 Å². The molecule has 1 aliphatic rings. The van der Waals surface area contributed by atoms with Crippen molar-refractivity contribution in [2.75, 3.05) is 0 Å². The number of hydrogen-bond acceptors (Lipinski definition) is 2. The summed E-state index contributed by atoms with van der Waals surface area (Å²) in [6.07, 6.45) is -4.64. The first-order valence-corrected chi connectivity index (χ1v) is 6.27. The molecular formula is C15H6ClF3O2. The van der Waals surface area contributed by atoms with Gasteiger partial charge >= 0.3 is 6.18 Å². The third kappa shape index (κ3) is 2.05. The maximum atomic E-state index is 12.8. The van der Waals surface area contributed by atoms with Gasteiger partial charge < -0.3 is 0 Å². The Kier molecular flexibility index (Phi) is 2.92. The number of fused-ring (bicyclic) bond motifs is 2. The zero-order valence-electron chi connectivity index (χ0n) is 10.3. The minimum absolute atomic E-state index is 0.0883. The predicted molar refractivity (Wildman–Crippen MR) is 69.8 cm³/mol. The van der Waals surface area contributed by atoms with Crippen LogP contribution in [-0.2, 0) is 6.18 Å². The maximum Gasteiger partial charge on any atom is 0.416 e. The number of benzene rings is 2. The van der Waals surface area contributed by atoms with Crippen molar-refractivity contribution in [2.45, 2.75) is 6.18 Å². The third-order valence-electron chi connectivity index (χ3n) is 3.31. The molecule has 0 fully saturated rings. The van der Waals surface area contributed by atoms with Crippen LogP contribution in [0.4, 0.5) is 13.2 Å². The predicted octanol–water partition coefficient (Wildman–Crippen LogP) is 4.13. The summed E-state index contributed by atoms with van der Waals surface area (Å²) >= 11 is 5.81. The summed E-state index contributed by atoms with van der Waals surface area (Å²) in [5, 5.41) is -0.368. The first kappa shape index (κ1) is 13.8. The molecule has 2 aromatic rings. The minimum atomic E-state index is -4.64. The molecular weight excluding hydrogens is 305 g/mol. The number of rotatable bonds is 0. The lowest BCUT2D eigenvalue weighted by molar-refractivity contribution is -0.137. The maximum absolute atomic E-state index is 12.8. The van der Waals surface area contributed by atoms with E-state index in [4.69, 9.17) is 11.6 Å². The average molecular weight is 311 g/mol. The van der Waals surface area contributed by atoms with Gasteiger partial charge in [0.25, 0.3) is 0 Å². The molecule has 3 rings (SSSR count). The molecule has 2 nitrogen and oxygen atoms in total. The van der Waals surface area contributed by atoms with Gasteiger partial charge in [0.1, 0.15) is 0 Å². The van der Waals surface area contributed by atoms with Gasteiger partial charge in [0.2, 0.25) is 0 Å². The van der Waals surface area contributed by atoms with Crippen molar-refractivity contribution in [3.8, 4) is 0 Å². The Labute approximate surface area is 122 Å². The van der Waals surface area contributed by atoms with Crippen molar-refractivity contribution in [1.82, 2.24) is 0 Å². The van der Waals surface area contributed by atoms with E-state index in [2.05, 4.69) is 0 Å². The van der Waals surface area contributed by atoms with E-state index in [9.17, 15) is 22.8 Å². The SMILES string of the molecule is O=C1c2ccccc2C(=O)c2c(Cl)cc(C(F)(F)F)cc21. The number of alkyl halides is 3. The zero-order valence-corrected chi connectivity index (χ0v) is 11.0. The molecule has 0 saturated heterocycles. The highest BCUT2D eigenvalue weighted by Crippen LogP contribution is 2.37. The summed E-state index contributed by atoms with van der Waals surface area (Å²) in [4.78, 5) is 24.6. The Morgan fingerprint density at radius 1 is 0.857 bits per heavy atom. The van der Waals surface area contributed by atoms with Gasteiger partial charge in [0.05, 0.1) is 16.1 Å². The monoisotopic (exact) mass is 310 g/mol. The fraction of sp³-hybridized carbons (Fsp3) is 0.0667. The normalized spacial score (nSPS) is 13.9. The second kappa shape index (κ2) is 4.43. The molecule has 0 spiro atoms. The first-order chi connectivity index (χ1) is 9.80. The number of carbonyl (C=O) groups is 2. The lowest BCUT2D eigenvalue weighted by Crippen LogP contribution is -2.22. The van der Waals surface area contributed by atoms with Crippen molar-refractivity contribution in [2.24, 2.45) is 0 Å². The van der Waals surface area contributed by atoms with Crippen LogP contribution in [0, 0.1) is 0 Å². The molecule has 1 aliphatic carbocycles. The zero-order chi connectivity index (χ0) is 15.4. The molecule has 6 heteroatoms. The molecule has 106 valence electrons. The van der Waals surface area contributed by atoms with Gasteiger partial charge in [-0.3, -0.25) is 9.59 Å². The van der Waals surface area contributed by atoms with E-state index in [1.165, 1.54) is 12.1 Å². The van der Waals surface area contributed by atoms with Gasteiger partial charge in [0, 0.05) is 16.7 Å². The smallest absolute Gasteiger partial charge is 0.289 e. The van der Waals surface area contributed by atoms with Crippen LogP contribution in [0.3, 0.4) is 0 Å². The van der Waals surface area contributed by atoms with E-state index in [1.54, 1.807) is 12.1 Å². The van der Waals surface area contributed by atoms with Gasteiger partial charge in [-0.15, -0.1) is 0 Å². The summed E-state index contributed by atoms with van der Waals surface area (Å²) in [6.45, 7) is 0. The molecule has 0 saturated carbocycles. The topological polar surface area (TPSA) is 34.1 Å². The van der Waals surface area contributed by atoms with Crippen molar-refractivity contribution in [3.63, 3.8) is 0 Å². The van der Waals surface area contributed by atoms with Crippen LogP contribution in [0.1, 0.15) is 37.4 Å². The van der Waals surface area contributed by atoms with E-state index in [1.807, 2.05) is 0 Å². The second-order valence-corrected chi connectivity index (χ2v) is 4.99. The fourth-order valence-electron chi connectivity index (χ4n) is 2.34. The quantitative estimate of drug-likeness (QED) is 0.625. The Bertz CT molecular complexity index is 794. The van der Waals surface area contributed by atoms with Gasteiger partial charge in [-0.1, -0.05) is 35.9 Å². The number of hydrogen-bond donors (Lipinski definition) is 0. The van der Waals surface area contributed by atoms with E-state index >= 15 is 0 Å². The highest BCUT2D eigenvalue weighted by molar-refractivity contribution is 6.39. The lowest BCUT2D eigenvalue weighted by Gasteiger charge is -2.20. The Balaban J connectivity index is 2.31. The average Bonchev–Trinajstić information content (AvgIpc) is 2.43. The van der Waals surface area contributed by atoms with Crippen LogP contribution in [0.5, 0.6) is 0 Å². The van der Waals surface area contributed by atoms with Gasteiger partial charge in [0.15, 0.2) is 11.6 Å². The van der Waals surface area contributed by atoms with Crippen molar-refractivity contribution in [1.29, 1.82) is 0 Å². The molecule has 0 aromatic heterocycles. The summed E-state index contributed by atoms with van der Waals surface area (Å²) in [5.74, 6) is -1.17. The lowest BCUT2D eigenvalue weighted by atomic mass is 9.83. The van der Waals surface area contributed by atoms with Gasteiger partial charge in [-0.05, 0) is 12.1 Å². The molecule has 0 unspecified atom stereocenters. The van der Waals surface area contributed by atoms with Crippen LogP contribution in [0.25, 0.3) is 0 Å². The molecule has 0 aliphatic heterocycles. The molecule has 0 bridgehead atoms. The Hall–Kier alpha value is -2.14. The van der Waals surface area contributed by atoms with Crippen LogP contribution in [-0.4, -0.2) is 11.6 Å². The fourth-order valence-corrected chi connectivity index (χ4v) is 2.64. The highest BCUT2D eigenvalue weighted by Gasteiger charge is 2.37. The summed E-state index contributed by atoms with van der Waals surface area (Å²) in [7, 11) is 0. The number of halogens is 4. The molecule has 2 aromatic carbocycles.